The van der Waals surface area contributed by atoms with Crippen molar-refractivity contribution in [3.8, 4) is 5.75 Å². The van der Waals surface area contributed by atoms with E-state index in [4.69, 9.17) is 8.84 Å². The molecular weight excluding hydrogens is 284 g/mol. The Morgan fingerprint density at radius 2 is 1.95 bits per heavy atom. The van der Waals surface area contributed by atoms with Gasteiger partial charge in [-0.2, -0.15) is 0 Å². The third kappa shape index (κ3) is 5.32. The molecule has 0 aliphatic rings. The van der Waals surface area contributed by atoms with E-state index in [0.717, 1.165) is 25.5 Å². The maximum Gasteiger partial charge on any atom is 0.339 e. The summed E-state index contributed by atoms with van der Waals surface area (Å²) < 4.78 is 11.2. The van der Waals surface area contributed by atoms with Gasteiger partial charge >= 0.3 is 5.63 Å². The summed E-state index contributed by atoms with van der Waals surface area (Å²) in [5.41, 5.74) is -0.505. The van der Waals surface area contributed by atoms with Crippen molar-refractivity contribution in [1.29, 1.82) is 0 Å². The van der Waals surface area contributed by atoms with Crippen LogP contribution >= 0.6 is 0 Å². The molecule has 0 amide bonds. The van der Waals surface area contributed by atoms with E-state index in [9.17, 15) is 9.90 Å². The largest absolute Gasteiger partial charge is 0.508 e. The fourth-order valence-corrected chi connectivity index (χ4v) is 2.89. The van der Waals surface area contributed by atoms with Crippen molar-refractivity contribution in [3.63, 3.8) is 0 Å². The SMILES string of the molecule is C[C@H](CCCO[Si](C)(C)C(C)(C)C)c1cc(O)cc(=O)o1. The Bertz CT molecular complexity index is 514. The molecule has 5 heteroatoms. The van der Waals surface area contributed by atoms with Crippen LogP contribution in [-0.2, 0) is 4.43 Å². The fraction of sp³-hybridized carbons (Fsp3) is 0.688. The first-order valence-electron chi connectivity index (χ1n) is 7.51. The summed E-state index contributed by atoms with van der Waals surface area (Å²) in [4.78, 5) is 11.2. The molecule has 0 aromatic carbocycles. The van der Waals surface area contributed by atoms with Crippen molar-refractivity contribution in [2.75, 3.05) is 6.61 Å². The second kappa shape index (κ2) is 6.79. The predicted molar refractivity (Wildman–Crippen MR) is 87.4 cm³/mol. The van der Waals surface area contributed by atoms with Crippen LogP contribution in [0.3, 0.4) is 0 Å². The van der Waals surface area contributed by atoms with Gasteiger partial charge in [-0.3, -0.25) is 0 Å². The van der Waals surface area contributed by atoms with Gasteiger partial charge in [-0.25, -0.2) is 4.79 Å². The minimum absolute atomic E-state index is 0.0365. The van der Waals surface area contributed by atoms with Gasteiger partial charge in [0, 0.05) is 18.6 Å². The van der Waals surface area contributed by atoms with Gasteiger partial charge in [0.05, 0.1) is 6.07 Å². The molecule has 1 rings (SSSR count). The summed E-state index contributed by atoms with van der Waals surface area (Å²) >= 11 is 0. The van der Waals surface area contributed by atoms with Gasteiger partial charge in [-0.15, -0.1) is 0 Å². The van der Waals surface area contributed by atoms with Crippen LogP contribution in [0.1, 0.15) is 52.2 Å². The third-order valence-electron chi connectivity index (χ3n) is 4.31. The molecule has 1 aromatic rings. The molecule has 21 heavy (non-hydrogen) atoms. The van der Waals surface area contributed by atoms with Crippen LogP contribution in [0, 0.1) is 0 Å². The molecule has 1 heterocycles. The Morgan fingerprint density at radius 1 is 1.33 bits per heavy atom. The molecule has 0 aliphatic heterocycles. The topological polar surface area (TPSA) is 59.7 Å². The molecule has 4 nitrogen and oxygen atoms in total. The van der Waals surface area contributed by atoms with E-state index in [2.05, 4.69) is 33.9 Å². The zero-order valence-electron chi connectivity index (χ0n) is 14.0. The van der Waals surface area contributed by atoms with Crippen molar-refractivity contribution < 1.29 is 13.9 Å². The fourth-order valence-electron chi connectivity index (χ4n) is 1.80. The van der Waals surface area contributed by atoms with Gasteiger partial charge in [0.25, 0.3) is 0 Å². The summed E-state index contributed by atoms with van der Waals surface area (Å²) in [5.74, 6) is 0.589. The van der Waals surface area contributed by atoms with Crippen molar-refractivity contribution >= 4 is 8.32 Å². The quantitative estimate of drug-likeness (QED) is 0.630. The highest BCUT2D eigenvalue weighted by atomic mass is 28.4. The maximum absolute atomic E-state index is 11.2. The number of aromatic hydroxyl groups is 1. The molecule has 0 fully saturated rings. The Kier molecular flexibility index (Phi) is 5.81. The highest BCUT2D eigenvalue weighted by molar-refractivity contribution is 6.74. The molecule has 120 valence electrons. The standard InChI is InChI=1S/C16H28O4Si/c1-12(14-10-13(17)11-15(18)20-14)8-7-9-19-21(5,6)16(2,3)4/h10-12,17H,7-9H2,1-6H3/t12-/m1/s1. The smallest absolute Gasteiger partial charge is 0.339 e. The zero-order chi connectivity index (χ0) is 16.3. The first-order chi connectivity index (χ1) is 9.53. The van der Waals surface area contributed by atoms with Crippen LogP contribution < -0.4 is 5.63 Å². The van der Waals surface area contributed by atoms with Crippen LogP contribution in [0.5, 0.6) is 5.75 Å². The lowest BCUT2D eigenvalue weighted by atomic mass is 10.0. The lowest BCUT2D eigenvalue weighted by Gasteiger charge is -2.36. The zero-order valence-corrected chi connectivity index (χ0v) is 15.0. The summed E-state index contributed by atoms with van der Waals surface area (Å²) in [6.07, 6.45) is 1.77. The molecule has 0 spiro atoms. The van der Waals surface area contributed by atoms with Gasteiger partial charge in [-0.1, -0.05) is 27.7 Å². The molecule has 0 radical (unpaired) electrons. The molecule has 0 unspecified atom stereocenters. The maximum atomic E-state index is 11.2. The van der Waals surface area contributed by atoms with Crippen LogP contribution in [0.4, 0.5) is 0 Å². The molecule has 0 aliphatic carbocycles. The summed E-state index contributed by atoms with van der Waals surface area (Å²) in [6.45, 7) is 13.9. The van der Waals surface area contributed by atoms with Crippen LogP contribution in [0.15, 0.2) is 21.3 Å². The van der Waals surface area contributed by atoms with Crippen LogP contribution in [0.25, 0.3) is 0 Å². The normalized spacial score (nSPS) is 14.2. The van der Waals surface area contributed by atoms with Gasteiger partial charge in [-0.05, 0) is 31.0 Å². The van der Waals surface area contributed by atoms with Crippen LogP contribution in [0.2, 0.25) is 18.1 Å². The van der Waals surface area contributed by atoms with Gasteiger partial charge < -0.3 is 13.9 Å². The Hall–Kier alpha value is -1.07. The van der Waals surface area contributed by atoms with Crippen molar-refractivity contribution in [1.82, 2.24) is 0 Å². The Balaban J connectivity index is 2.48. The van der Waals surface area contributed by atoms with E-state index in [0.29, 0.717) is 5.76 Å². The average molecular weight is 312 g/mol. The lowest BCUT2D eigenvalue weighted by molar-refractivity contribution is 0.272. The monoisotopic (exact) mass is 312 g/mol. The number of hydrogen-bond acceptors (Lipinski definition) is 4. The molecule has 1 atom stereocenters. The minimum atomic E-state index is -1.69. The lowest BCUT2D eigenvalue weighted by Crippen LogP contribution is -2.40. The van der Waals surface area contributed by atoms with E-state index in [1.807, 2.05) is 6.92 Å². The summed E-state index contributed by atoms with van der Waals surface area (Å²) in [5, 5.41) is 9.65. The van der Waals surface area contributed by atoms with Crippen molar-refractivity contribution in [2.45, 2.75) is 64.6 Å². The van der Waals surface area contributed by atoms with Gasteiger partial charge in [0.15, 0.2) is 8.32 Å². The average Bonchev–Trinajstić information content (AvgIpc) is 2.31. The van der Waals surface area contributed by atoms with E-state index in [-0.39, 0.29) is 16.7 Å². The molecule has 0 saturated heterocycles. The van der Waals surface area contributed by atoms with E-state index >= 15 is 0 Å². The van der Waals surface area contributed by atoms with Gasteiger partial charge in [0.1, 0.15) is 11.5 Å². The van der Waals surface area contributed by atoms with Crippen molar-refractivity contribution in [3.05, 3.63) is 28.3 Å². The Labute approximate surface area is 128 Å². The molecule has 1 N–H and O–H groups in total. The van der Waals surface area contributed by atoms with E-state index in [1.165, 1.54) is 6.07 Å². The molecule has 1 aromatic heterocycles. The van der Waals surface area contributed by atoms with E-state index in [1.54, 1.807) is 0 Å². The molecular formula is C16H28O4Si. The number of rotatable bonds is 6. The minimum Gasteiger partial charge on any atom is -0.508 e. The van der Waals surface area contributed by atoms with Crippen molar-refractivity contribution in [2.24, 2.45) is 0 Å². The summed E-state index contributed by atoms with van der Waals surface area (Å²) in [6, 6.07) is 2.59. The molecule has 0 saturated carbocycles. The van der Waals surface area contributed by atoms with E-state index < -0.39 is 13.9 Å². The second-order valence-electron chi connectivity index (χ2n) is 7.19. The van der Waals surface area contributed by atoms with Gasteiger partial charge in [0.2, 0.25) is 0 Å². The highest BCUT2D eigenvalue weighted by Crippen LogP contribution is 2.36. The highest BCUT2D eigenvalue weighted by Gasteiger charge is 2.36. The number of hydrogen-bond donors (Lipinski definition) is 1. The van der Waals surface area contributed by atoms with Crippen LogP contribution in [-0.4, -0.2) is 20.0 Å². The predicted octanol–water partition coefficient (Wildman–Crippen LogP) is 4.25. The Morgan fingerprint density at radius 3 is 2.48 bits per heavy atom. The summed E-state index contributed by atoms with van der Waals surface area (Å²) in [7, 11) is -1.69. The second-order valence-corrected chi connectivity index (χ2v) is 12.0. The molecule has 0 bridgehead atoms. The third-order valence-corrected chi connectivity index (χ3v) is 8.85. The first kappa shape index (κ1) is 18.0. The first-order valence-corrected chi connectivity index (χ1v) is 10.4.